The fourth-order valence-corrected chi connectivity index (χ4v) is 5.07. The first kappa shape index (κ1) is 31.7. The van der Waals surface area contributed by atoms with Crippen molar-refractivity contribution < 1.29 is 38.9 Å². The van der Waals surface area contributed by atoms with Crippen LogP contribution in [-0.4, -0.2) is 53.4 Å². The van der Waals surface area contributed by atoms with Crippen molar-refractivity contribution in [2.75, 3.05) is 31.3 Å². The molecule has 2 aromatic carbocycles. The van der Waals surface area contributed by atoms with Crippen LogP contribution in [0.4, 0.5) is 0 Å². The van der Waals surface area contributed by atoms with Gasteiger partial charge in [-0.2, -0.15) is 0 Å². The average Bonchev–Trinajstić information content (AvgIpc) is 2.91. The van der Waals surface area contributed by atoms with Crippen molar-refractivity contribution in [2.45, 2.75) is 32.6 Å². The first-order valence-corrected chi connectivity index (χ1v) is 14.4. The Bertz CT molecular complexity index is 1160. The monoisotopic (exact) mass is 582 g/mol. The second-order valence-corrected chi connectivity index (χ2v) is 11.2. The predicted molar refractivity (Wildman–Crippen MR) is 147 cm³/mol. The number of fused-ring (bicyclic) bond motifs is 1. The van der Waals surface area contributed by atoms with Crippen LogP contribution in [-0.2, 0) is 24.0 Å². The number of ether oxygens (including phenoxy) is 2. The zero-order valence-corrected chi connectivity index (χ0v) is 23.2. The summed E-state index contributed by atoms with van der Waals surface area (Å²) in [6.07, 6.45) is 2.24. The third-order valence-electron chi connectivity index (χ3n) is 5.80. The first-order chi connectivity index (χ1) is 18.6. The van der Waals surface area contributed by atoms with Crippen LogP contribution in [0.2, 0.25) is 0 Å². The molecule has 212 valence electrons. The summed E-state index contributed by atoms with van der Waals surface area (Å²) >= 11 is 0. The highest BCUT2D eigenvalue weighted by Gasteiger charge is 2.34. The van der Waals surface area contributed by atoms with Crippen molar-refractivity contribution in [3.8, 4) is 5.75 Å². The molecule has 0 aliphatic heterocycles. The van der Waals surface area contributed by atoms with E-state index in [1.165, 1.54) is 0 Å². The molecule has 39 heavy (non-hydrogen) atoms. The molecule has 0 aromatic heterocycles. The Labute approximate surface area is 233 Å². The van der Waals surface area contributed by atoms with E-state index < -0.39 is 40.7 Å². The number of benzene rings is 2. The van der Waals surface area contributed by atoms with E-state index in [9.17, 15) is 29.8 Å². The number of hydrogen-bond acceptors (Lipinski definition) is 12. The molecule has 0 aliphatic carbocycles. The van der Waals surface area contributed by atoms with Gasteiger partial charge >= 0.3 is 11.9 Å². The van der Waals surface area contributed by atoms with Gasteiger partial charge in [-0.05, 0) is 41.8 Å². The van der Waals surface area contributed by atoms with Gasteiger partial charge in [0.05, 0.1) is 17.8 Å². The predicted octanol–water partition coefficient (Wildman–Crippen LogP) is 5.16. The molecular formula is C25H30N2O10S2. The maximum atomic E-state index is 12.8. The van der Waals surface area contributed by atoms with E-state index in [1.54, 1.807) is 77.9 Å². The Morgan fingerprint density at radius 1 is 1.03 bits per heavy atom. The maximum Gasteiger partial charge on any atom is 0.313 e. The topological polar surface area (TPSA) is 157 Å². The minimum atomic E-state index is -1.28. The van der Waals surface area contributed by atoms with Gasteiger partial charge in [0, 0.05) is 11.5 Å². The van der Waals surface area contributed by atoms with Crippen LogP contribution < -0.4 is 4.74 Å². The summed E-state index contributed by atoms with van der Waals surface area (Å²) in [4.78, 5) is 55.0. The molecule has 0 heterocycles. The molecule has 0 aliphatic rings. The van der Waals surface area contributed by atoms with Gasteiger partial charge in [0.15, 0.2) is 0 Å². The normalized spacial score (nSPS) is 11.8. The zero-order valence-electron chi connectivity index (χ0n) is 21.6. The average molecular weight is 583 g/mol. The summed E-state index contributed by atoms with van der Waals surface area (Å²) in [5.74, 6) is 0.202. The molecule has 0 unspecified atom stereocenters. The van der Waals surface area contributed by atoms with E-state index in [0.29, 0.717) is 17.1 Å². The van der Waals surface area contributed by atoms with Crippen molar-refractivity contribution in [3.05, 3.63) is 74.8 Å². The third-order valence-corrected chi connectivity index (χ3v) is 8.12. The quantitative estimate of drug-likeness (QED) is 0.0433. The number of esters is 2. The molecule has 1 atom stereocenters. The first-order valence-electron chi connectivity index (χ1n) is 11.9. The summed E-state index contributed by atoms with van der Waals surface area (Å²) < 4.78 is 10.8. The third kappa shape index (κ3) is 10.6. The fraction of sp³-hybridized carbons (Fsp3) is 0.440. The minimum Gasteiger partial charge on any atom is -0.464 e. The lowest BCUT2D eigenvalue weighted by Gasteiger charge is -2.30. The van der Waals surface area contributed by atoms with Crippen LogP contribution in [0.3, 0.4) is 0 Å². The highest BCUT2D eigenvalue weighted by Crippen LogP contribution is 2.29. The lowest BCUT2D eigenvalue weighted by molar-refractivity contribution is -0.772. The molecule has 2 rings (SSSR count). The Balaban J connectivity index is 2.02. The van der Waals surface area contributed by atoms with Gasteiger partial charge in [0.2, 0.25) is 0 Å². The van der Waals surface area contributed by atoms with E-state index in [4.69, 9.17) is 9.47 Å². The molecule has 0 bridgehead atoms. The van der Waals surface area contributed by atoms with Crippen LogP contribution in [0.25, 0.3) is 10.8 Å². The summed E-state index contributed by atoms with van der Waals surface area (Å²) in [6.45, 7) is 5.46. The van der Waals surface area contributed by atoms with Crippen molar-refractivity contribution >= 4 is 44.3 Å². The van der Waals surface area contributed by atoms with Gasteiger partial charge in [-0.3, -0.25) is 9.59 Å². The van der Waals surface area contributed by atoms with E-state index in [1.807, 2.05) is 0 Å². The largest absolute Gasteiger partial charge is 0.464 e. The Morgan fingerprint density at radius 3 is 2.28 bits per heavy atom. The van der Waals surface area contributed by atoms with Crippen LogP contribution in [0.1, 0.15) is 38.2 Å². The molecule has 0 N–H and O–H groups in total. The molecule has 2 aromatic rings. The van der Waals surface area contributed by atoms with Gasteiger partial charge < -0.3 is 19.1 Å². The number of carbonyl (C=O) groups excluding carboxylic acids is 2. The van der Waals surface area contributed by atoms with E-state index in [2.05, 4.69) is 16.3 Å². The smallest absolute Gasteiger partial charge is 0.313 e. The van der Waals surface area contributed by atoms with E-state index in [0.717, 1.165) is 16.5 Å². The van der Waals surface area contributed by atoms with Crippen molar-refractivity contribution in [1.29, 1.82) is 0 Å². The second-order valence-electron chi connectivity index (χ2n) is 8.56. The molecule has 0 radical (unpaired) electrons. The highest BCUT2D eigenvalue weighted by atomic mass is 33.1. The zero-order chi connectivity index (χ0) is 28.8. The van der Waals surface area contributed by atoms with Crippen LogP contribution in [0.5, 0.6) is 5.75 Å². The van der Waals surface area contributed by atoms with Crippen LogP contribution in [0, 0.1) is 25.6 Å². The van der Waals surface area contributed by atoms with Crippen molar-refractivity contribution in [1.82, 2.24) is 0 Å². The van der Waals surface area contributed by atoms with Gasteiger partial charge in [0.25, 0.3) is 10.2 Å². The molecule has 0 amide bonds. The lowest BCUT2D eigenvalue weighted by Crippen LogP contribution is -2.39. The Kier molecular flexibility index (Phi) is 12.8. The summed E-state index contributed by atoms with van der Waals surface area (Å²) in [6, 6.07) is 10.5. The number of carbonyl (C=O) groups is 2. The molecular weight excluding hydrogens is 552 g/mol. The van der Waals surface area contributed by atoms with E-state index in [-0.39, 0.29) is 25.4 Å². The van der Waals surface area contributed by atoms with E-state index >= 15 is 0 Å². The molecule has 0 fully saturated rings. The SMILES string of the molecule is C=CCSSCCC(=O)Oc1ccc2cc([C@H](C)C(=O)OCC(CC)(CO[N+](=O)[O-])CO[N+](=O)[O-])ccc2c1. The summed E-state index contributed by atoms with van der Waals surface area (Å²) in [5.41, 5.74) is -0.632. The van der Waals surface area contributed by atoms with Crippen molar-refractivity contribution in [3.63, 3.8) is 0 Å². The molecule has 0 saturated heterocycles. The lowest BCUT2D eigenvalue weighted by atomic mass is 9.88. The molecule has 0 saturated carbocycles. The fourth-order valence-electron chi connectivity index (χ4n) is 3.33. The maximum absolute atomic E-state index is 12.8. The number of hydrogen-bond donors (Lipinski definition) is 0. The Morgan fingerprint density at radius 2 is 1.67 bits per heavy atom. The number of rotatable bonds is 18. The van der Waals surface area contributed by atoms with Crippen LogP contribution in [0.15, 0.2) is 49.1 Å². The van der Waals surface area contributed by atoms with Crippen LogP contribution >= 0.6 is 21.6 Å². The summed E-state index contributed by atoms with van der Waals surface area (Å²) in [5, 5.41) is 20.9. The standard InChI is InChI=1S/C25H30N2O10S2/c1-4-11-38-39-12-10-23(28)37-22-9-8-20-13-19(6-7-21(20)14-22)18(3)24(29)34-15-25(5-2,16-35-26(30)31)17-36-27(32)33/h4,6-9,13-14,18H,1,5,10-12,15-17H2,2-3H3/t18-/m0/s1. The van der Waals surface area contributed by atoms with Gasteiger partial charge in [-0.25, -0.2) is 0 Å². The van der Waals surface area contributed by atoms with Gasteiger partial charge in [0.1, 0.15) is 25.6 Å². The van der Waals surface area contributed by atoms with Gasteiger partial charge in [-0.15, -0.1) is 26.8 Å². The van der Waals surface area contributed by atoms with Crippen molar-refractivity contribution in [2.24, 2.45) is 5.41 Å². The summed E-state index contributed by atoms with van der Waals surface area (Å²) in [7, 11) is 3.20. The molecule has 12 nitrogen and oxygen atoms in total. The second kappa shape index (κ2) is 15.8. The highest BCUT2D eigenvalue weighted by molar-refractivity contribution is 8.76. The Hall–Kier alpha value is -3.52. The number of nitrogens with zero attached hydrogens (tertiary/aromatic N) is 2. The minimum absolute atomic E-state index is 0.159. The molecule has 14 heteroatoms. The van der Waals surface area contributed by atoms with Gasteiger partial charge in [-0.1, -0.05) is 58.9 Å². The molecule has 0 spiro atoms.